The lowest BCUT2D eigenvalue weighted by molar-refractivity contribution is -0.148. The molecule has 0 radical (unpaired) electrons. The van der Waals surface area contributed by atoms with Gasteiger partial charge in [0.25, 0.3) is 0 Å². The number of rotatable bonds is 3. The summed E-state index contributed by atoms with van der Waals surface area (Å²) in [7, 11) is 1.94. The highest BCUT2D eigenvalue weighted by atomic mass is 19.4. The van der Waals surface area contributed by atoms with Gasteiger partial charge < -0.3 is 9.64 Å². The third-order valence-electron chi connectivity index (χ3n) is 2.09. The Balaban J connectivity index is 2.07. The summed E-state index contributed by atoms with van der Waals surface area (Å²) in [4.78, 5) is 2.05. The summed E-state index contributed by atoms with van der Waals surface area (Å²) in [6.45, 7) is 1.45. The molecule has 0 N–H and O–H groups in total. The Labute approximate surface area is 75.7 Å². The molecule has 1 fully saturated rings. The van der Waals surface area contributed by atoms with E-state index in [1.165, 1.54) is 0 Å². The maximum Gasteiger partial charge on any atom is 0.391 e. The van der Waals surface area contributed by atoms with Crippen LogP contribution in [0.4, 0.5) is 13.2 Å². The highest BCUT2D eigenvalue weighted by molar-refractivity contribution is 4.72. The van der Waals surface area contributed by atoms with Gasteiger partial charge in [0.05, 0.1) is 19.1 Å². The molecule has 0 aliphatic carbocycles. The summed E-state index contributed by atoms with van der Waals surface area (Å²) in [5.74, 6) is 0. The topological polar surface area (TPSA) is 12.5 Å². The largest absolute Gasteiger partial charge is 0.391 e. The van der Waals surface area contributed by atoms with Crippen molar-refractivity contribution in [3.05, 3.63) is 0 Å². The van der Waals surface area contributed by atoms with Crippen LogP contribution in [-0.2, 0) is 4.74 Å². The molecule has 0 aromatic carbocycles. The van der Waals surface area contributed by atoms with E-state index in [0.29, 0.717) is 0 Å². The Hall–Kier alpha value is -0.290. The third kappa shape index (κ3) is 4.47. The summed E-state index contributed by atoms with van der Waals surface area (Å²) < 4.78 is 40.2. The molecule has 0 aromatic heterocycles. The normalized spacial score (nSPS) is 25.4. The molecule has 2 nitrogen and oxygen atoms in total. The van der Waals surface area contributed by atoms with Crippen LogP contribution in [-0.4, -0.2) is 43.9 Å². The Morgan fingerprint density at radius 3 is 2.62 bits per heavy atom. The predicted octanol–water partition coefficient (Wildman–Crippen LogP) is 1.66. The monoisotopic (exact) mass is 197 g/mol. The highest BCUT2D eigenvalue weighted by Gasteiger charge is 2.28. The molecule has 1 heterocycles. The number of hydrogen-bond acceptors (Lipinski definition) is 2. The summed E-state index contributed by atoms with van der Waals surface area (Å²) in [5.41, 5.74) is 0. The molecule has 0 saturated carbocycles. The van der Waals surface area contributed by atoms with E-state index < -0.39 is 12.6 Å². The molecule has 13 heavy (non-hydrogen) atoms. The Morgan fingerprint density at radius 1 is 1.46 bits per heavy atom. The third-order valence-corrected chi connectivity index (χ3v) is 2.09. The first-order valence-electron chi connectivity index (χ1n) is 4.34. The van der Waals surface area contributed by atoms with Crippen molar-refractivity contribution < 1.29 is 17.9 Å². The van der Waals surface area contributed by atoms with Crippen molar-refractivity contribution in [3.63, 3.8) is 0 Å². The molecular formula is C8H14F3NO. The summed E-state index contributed by atoms with van der Waals surface area (Å²) in [6, 6.07) is 0. The molecule has 1 saturated heterocycles. The predicted molar refractivity (Wildman–Crippen MR) is 42.5 cm³/mol. The summed E-state index contributed by atoms with van der Waals surface area (Å²) in [6.07, 6.45) is -4.10. The minimum atomic E-state index is -4.09. The second-order valence-corrected chi connectivity index (χ2v) is 3.41. The Kier molecular flexibility index (Phi) is 3.55. The lowest BCUT2D eigenvalue weighted by atomic mass is 10.3. The molecule has 1 unspecified atom stereocenters. The first-order chi connectivity index (χ1) is 5.97. The van der Waals surface area contributed by atoms with Crippen LogP contribution in [0.15, 0.2) is 0 Å². The van der Waals surface area contributed by atoms with Gasteiger partial charge in [0.15, 0.2) is 0 Å². The van der Waals surface area contributed by atoms with Crippen LogP contribution in [0, 0.1) is 0 Å². The molecule has 0 spiro atoms. The smallest absolute Gasteiger partial charge is 0.376 e. The zero-order chi connectivity index (χ0) is 9.90. The quantitative estimate of drug-likeness (QED) is 0.682. The van der Waals surface area contributed by atoms with E-state index in [1.54, 1.807) is 0 Å². The SMILES string of the molecule is CN1CCC(OCCC(F)(F)F)C1. The van der Waals surface area contributed by atoms with Gasteiger partial charge in [0.2, 0.25) is 0 Å². The second kappa shape index (κ2) is 4.28. The summed E-state index contributed by atoms with van der Waals surface area (Å²) in [5, 5.41) is 0. The van der Waals surface area contributed by atoms with E-state index in [-0.39, 0.29) is 12.7 Å². The number of likely N-dealkylation sites (N-methyl/N-ethyl adjacent to an activating group) is 1. The zero-order valence-corrected chi connectivity index (χ0v) is 7.60. The van der Waals surface area contributed by atoms with Crippen LogP contribution in [0.5, 0.6) is 0 Å². The maximum absolute atomic E-state index is 11.7. The van der Waals surface area contributed by atoms with Crippen molar-refractivity contribution in [1.82, 2.24) is 4.90 Å². The first kappa shape index (κ1) is 10.8. The fraction of sp³-hybridized carbons (Fsp3) is 1.00. The van der Waals surface area contributed by atoms with Gasteiger partial charge in [-0.05, 0) is 13.5 Å². The molecule has 0 aromatic rings. The number of nitrogens with zero attached hydrogens (tertiary/aromatic N) is 1. The lowest BCUT2D eigenvalue weighted by Crippen LogP contribution is -2.21. The maximum atomic E-state index is 11.7. The van der Waals surface area contributed by atoms with Crippen molar-refractivity contribution in [3.8, 4) is 0 Å². The standard InChI is InChI=1S/C8H14F3NO/c1-12-4-2-7(6-12)13-5-3-8(9,10)11/h7H,2-6H2,1H3. The number of hydrogen-bond donors (Lipinski definition) is 0. The van der Waals surface area contributed by atoms with E-state index in [0.717, 1.165) is 19.5 Å². The molecule has 1 aliphatic rings. The van der Waals surface area contributed by atoms with Crippen molar-refractivity contribution >= 4 is 0 Å². The van der Waals surface area contributed by atoms with Gasteiger partial charge in [-0.15, -0.1) is 0 Å². The van der Waals surface area contributed by atoms with Gasteiger partial charge in [-0.2, -0.15) is 13.2 Å². The summed E-state index contributed by atoms with van der Waals surface area (Å²) >= 11 is 0. The number of alkyl halides is 3. The lowest BCUT2D eigenvalue weighted by Gasteiger charge is -2.12. The molecule has 1 atom stereocenters. The first-order valence-corrected chi connectivity index (χ1v) is 4.34. The fourth-order valence-electron chi connectivity index (χ4n) is 1.37. The minimum Gasteiger partial charge on any atom is -0.376 e. The number of halogens is 3. The molecule has 0 amide bonds. The average molecular weight is 197 g/mol. The van der Waals surface area contributed by atoms with Crippen molar-refractivity contribution in [2.45, 2.75) is 25.1 Å². The van der Waals surface area contributed by atoms with Crippen LogP contribution in [0.25, 0.3) is 0 Å². The van der Waals surface area contributed by atoms with Crippen LogP contribution in [0.1, 0.15) is 12.8 Å². The van der Waals surface area contributed by atoms with Gasteiger partial charge in [-0.3, -0.25) is 0 Å². The van der Waals surface area contributed by atoms with E-state index in [9.17, 15) is 13.2 Å². The fourth-order valence-corrected chi connectivity index (χ4v) is 1.37. The van der Waals surface area contributed by atoms with Crippen LogP contribution in [0.3, 0.4) is 0 Å². The van der Waals surface area contributed by atoms with Gasteiger partial charge >= 0.3 is 6.18 Å². The highest BCUT2D eigenvalue weighted by Crippen LogP contribution is 2.20. The molecule has 0 bridgehead atoms. The molecule has 1 rings (SSSR count). The molecular weight excluding hydrogens is 183 g/mol. The zero-order valence-electron chi connectivity index (χ0n) is 7.60. The minimum absolute atomic E-state index is 0.00708. The Bertz CT molecular complexity index is 160. The van der Waals surface area contributed by atoms with Crippen molar-refractivity contribution in [1.29, 1.82) is 0 Å². The molecule has 1 aliphatic heterocycles. The van der Waals surface area contributed by atoms with Gasteiger partial charge in [0.1, 0.15) is 0 Å². The van der Waals surface area contributed by atoms with Gasteiger partial charge in [-0.25, -0.2) is 0 Å². The van der Waals surface area contributed by atoms with Crippen LogP contribution in [0.2, 0.25) is 0 Å². The molecule has 5 heteroatoms. The van der Waals surface area contributed by atoms with Crippen LogP contribution >= 0.6 is 0 Å². The van der Waals surface area contributed by atoms with E-state index in [1.807, 2.05) is 7.05 Å². The second-order valence-electron chi connectivity index (χ2n) is 3.41. The van der Waals surface area contributed by atoms with E-state index in [4.69, 9.17) is 4.74 Å². The van der Waals surface area contributed by atoms with Crippen molar-refractivity contribution in [2.24, 2.45) is 0 Å². The van der Waals surface area contributed by atoms with Crippen LogP contribution < -0.4 is 0 Å². The number of ether oxygens (including phenoxy) is 1. The average Bonchev–Trinajstić information content (AvgIpc) is 2.33. The number of likely N-dealkylation sites (tertiary alicyclic amines) is 1. The van der Waals surface area contributed by atoms with Gasteiger partial charge in [0, 0.05) is 13.1 Å². The van der Waals surface area contributed by atoms with Gasteiger partial charge in [-0.1, -0.05) is 0 Å². The Morgan fingerprint density at radius 2 is 2.15 bits per heavy atom. The van der Waals surface area contributed by atoms with E-state index >= 15 is 0 Å². The van der Waals surface area contributed by atoms with E-state index in [2.05, 4.69) is 4.90 Å². The van der Waals surface area contributed by atoms with Crippen molar-refractivity contribution in [2.75, 3.05) is 26.7 Å². The molecule has 78 valence electrons.